The Morgan fingerprint density at radius 3 is 2.61 bits per heavy atom. The topological polar surface area (TPSA) is 61.8 Å². The van der Waals surface area contributed by atoms with Gasteiger partial charge < -0.3 is 14.2 Å². The lowest BCUT2D eigenvalue weighted by atomic mass is 10.0. The summed E-state index contributed by atoms with van der Waals surface area (Å²) in [6.07, 6.45) is 5.67. The summed E-state index contributed by atoms with van der Waals surface area (Å²) < 4.78 is 15.5. The van der Waals surface area contributed by atoms with Crippen molar-refractivity contribution in [1.82, 2.24) is 0 Å². The fraction of sp³-hybridized carbons (Fsp3) is 0.364. The van der Waals surface area contributed by atoms with Gasteiger partial charge in [-0.3, -0.25) is 0 Å². The largest absolute Gasteiger partial charge is 0.482 e. The first kappa shape index (κ1) is 23.5. The van der Waals surface area contributed by atoms with Gasteiger partial charge in [0.25, 0.3) is 0 Å². The molecule has 1 unspecified atom stereocenters. The summed E-state index contributed by atoms with van der Waals surface area (Å²) in [6, 6.07) is 5.19. The number of carbonyl (C=O) groups excluding carboxylic acids is 2. The number of ether oxygens (including phenoxy) is 3. The summed E-state index contributed by atoms with van der Waals surface area (Å²) >= 11 is 5.91. The third-order valence-corrected chi connectivity index (χ3v) is 4.16. The molecule has 0 bridgehead atoms. The van der Waals surface area contributed by atoms with E-state index in [-0.39, 0.29) is 6.61 Å². The number of aryl methyl sites for hydroxylation is 1. The minimum absolute atomic E-state index is 0.192. The smallest absolute Gasteiger partial charge is 0.344 e. The van der Waals surface area contributed by atoms with Crippen LogP contribution in [0.25, 0.3) is 0 Å². The second-order valence-corrected chi connectivity index (χ2v) is 6.89. The summed E-state index contributed by atoms with van der Waals surface area (Å²) in [5.41, 5.74) is 2.64. The van der Waals surface area contributed by atoms with E-state index in [0.29, 0.717) is 23.6 Å². The molecule has 1 aromatic rings. The first-order valence-electron chi connectivity index (χ1n) is 8.88. The highest BCUT2D eigenvalue weighted by Gasteiger charge is 2.16. The van der Waals surface area contributed by atoms with Crippen molar-refractivity contribution in [3.8, 4) is 5.75 Å². The summed E-state index contributed by atoms with van der Waals surface area (Å²) in [7, 11) is 1.33. The maximum Gasteiger partial charge on any atom is 0.344 e. The van der Waals surface area contributed by atoms with E-state index in [1.165, 1.54) is 13.2 Å². The van der Waals surface area contributed by atoms with Gasteiger partial charge in [-0.25, -0.2) is 9.59 Å². The highest BCUT2D eigenvalue weighted by atomic mass is 35.5. The van der Waals surface area contributed by atoms with Crippen LogP contribution in [0.5, 0.6) is 5.75 Å². The van der Waals surface area contributed by atoms with Gasteiger partial charge in [0.05, 0.1) is 7.11 Å². The standard InChI is InChI=1S/C22H27ClO5/c1-15(2)19(11-9-16(3)7-6-8-21(24)26-5)28-22(25)14-27-20-12-10-18(23)13-17(20)4/h6-8,10,12-13,19H,1,9,11,14H2,2-5H3. The maximum atomic E-state index is 12.1. The van der Waals surface area contributed by atoms with Crippen molar-refractivity contribution >= 4 is 23.5 Å². The summed E-state index contributed by atoms with van der Waals surface area (Å²) in [4.78, 5) is 23.2. The Balaban J connectivity index is 2.53. The van der Waals surface area contributed by atoms with E-state index in [4.69, 9.17) is 21.1 Å². The number of esters is 2. The average molecular weight is 407 g/mol. The van der Waals surface area contributed by atoms with Gasteiger partial charge in [0, 0.05) is 11.1 Å². The Hall–Kier alpha value is -2.53. The van der Waals surface area contributed by atoms with Gasteiger partial charge in [0.2, 0.25) is 0 Å². The molecule has 0 saturated carbocycles. The third-order valence-electron chi connectivity index (χ3n) is 3.92. The third kappa shape index (κ3) is 8.91. The summed E-state index contributed by atoms with van der Waals surface area (Å²) in [5, 5.41) is 0.611. The molecule has 0 amide bonds. The minimum atomic E-state index is -0.463. The van der Waals surface area contributed by atoms with E-state index in [1.807, 2.05) is 26.8 Å². The normalized spacial score (nSPS) is 12.5. The number of benzene rings is 1. The van der Waals surface area contributed by atoms with Crippen LogP contribution in [0, 0.1) is 6.92 Å². The van der Waals surface area contributed by atoms with Crippen molar-refractivity contribution in [3.05, 3.63) is 64.7 Å². The molecule has 0 aliphatic rings. The van der Waals surface area contributed by atoms with Crippen molar-refractivity contribution in [2.75, 3.05) is 13.7 Å². The summed E-state index contributed by atoms with van der Waals surface area (Å²) in [5.74, 6) is -0.285. The Morgan fingerprint density at radius 1 is 1.29 bits per heavy atom. The zero-order valence-corrected chi connectivity index (χ0v) is 17.5. The lowest BCUT2D eigenvalue weighted by molar-refractivity contribution is -0.150. The van der Waals surface area contributed by atoms with E-state index < -0.39 is 18.0 Å². The Kier molecular flexibility index (Phi) is 10.1. The fourth-order valence-corrected chi connectivity index (χ4v) is 2.54. The molecule has 0 aliphatic heterocycles. The van der Waals surface area contributed by atoms with Crippen LogP contribution >= 0.6 is 11.6 Å². The Labute approximate surface area is 171 Å². The number of carbonyl (C=O) groups is 2. The molecule has 28 heavy (non-hydrogen) atoms. The van der Waals surface area contributed by atoms with Crippen LogP contribution in [0.4, 0.5) is 0 Å². The molecule has 0 aliphatic carbocycles. The maximum absolute atomic E-state index is 12.1. The van der Waals surface area contributed by atoms with Gasteiger partial charge in [-0.2, -0.15) is 0 Å². The van der Waals surface area contributed by atoms with Crippen LogP contribution in [-0.4, -0.2) is 31.8 Å². The molecule has 0 aromatic heterocycles. The molecular formula is C22H27ClO5. The van der Waals surface area contributed by atoms with E-state index in [9.17, 15) is 9.59 Å². The Morgan fingerprint density at radius 2 is 2.00 bits per heavy atom. The van der Waals surface area contributed by atoms with Crippen molar-refractivity contribution in [2.24, 2.45) is 0 Å². The van der Waals surface area contributed by atoms with Crippen LogP contribution in [0.15, 0.2) is 54.2 Å². The number of methoxy groups -OCH3 is 1. The molecule has 152 valence electrons. The van der Waals surface area contributed by atoms with E-state index in [1.54, 1.807) is 24.3 Å². The SMILES string of the molecule is C=C(C)C(CCC(C)=CC=CC(=O)OC)OC(=O)COc1ccc(Cl)cc1C. The van der Waals surface area contributed by atoms with E-state index in [2.05, 4.69) is 11.3 Å². The predicted octanol–water partition coefficient (Wildman–Crippen LogP) is 4.97. The van der Waals surface area contributed by atoms with E-state index >= 15 is 0 Å². The zero-order valence-electron chi connectivity index (χ0n) is 16.8. The number of allylic oxidation sites excluding steroid dienone is 3. The van der Waals surface area contributed by atoms with Gasteiger partial charge in [-0.05, 0) is 62.9 Å². The molecular weight excluding hydrogens is 380 g/mol. The van der Waals surface area contributed by atoms with Gasteiger partial charge in [-0.15, -0.1) is 0 Å². The number of halogens is 1. The molecule has 1 aromatic carbocycles. The van der Waals surface area contributed by atoms with Crippen molar-refractivity contribution < 1.29 is 23.8 Å². The van der Waals surface area contributed by atoms with Crippen molar-refractivity contribution in [3.63, 3.8) is 0 Å². The fourth-order valence-electron chi connectivity index (χ4n) is 2.31. The zero-order chi connectivity index (χ0) is 21.1. The van der Waals surface area contributed by atoms with Gasteiger partial charge in [-0.1, -0.05) is 35.9 Å². The van der Waals surface area contributed by atoms with Crippen LogP contribution in [-0.2, 0) is 19.1 Å². The highest BCUT2D eigenvalue weighted by Crippen LogP contribution is 2.22. The van der Waals surface area contributed by atoms with Gasteiger partial charge >= 0.3 is 11.9 Å². The molecule has 0 fully saturated rings. The molecule has 1 atom stereocenters. The molecule has 0 spiro atoms. The second kappa shape index (κ2) is 12.0. The summed E-state index contributed by atoms with van der Waals surface area (Å²) in [6.45, 7) is 9.31. The lowest BCUT2D eigenvalue weighted by Gasteiger charge is -2.18. The minimum Gasteiger partial charge on any atom is -0.482 e. The quantitative estimate of drug-likeness (QED) is 0.237. The van der Waals surface area contributed by atoms with Crippen molar-refractivity contribution in [2.45, 2.75) is 39.7 Å². The molecule has 5 nitrogen and oxygen atoms in total. The molecule has 0 N–H and O–H groups in total. The molecule has 1 rings (SSSR count). The molecule has 0 heterocycles. The second-order valence-electron chi connectivity index (χ2n) is 6.46. The lowest BCUT2D eigenvalue weighted by Crippen LogP contribution is -2.23. The monoisotopic (exact) mass is 406 g/mol. The first-order chi connectivity index (χ1) is 13.2. The highest BCUT2D eigenvalue weighted by molar-refractivity contribution is 6.30. The number of hydrogen-bond acceptors (Lipinski definition) is 5. The molecule has 6 heteroatoms. The van der Waals surface area contributed by atoms with Crippen LogP contribution < -0.4 is 4.74 Å². The average Bonchev–Trinajstić information content (AvgIpc) is 2.63. The number of rotatable bonds is 10. The molecule has 0 saturated heterocycles. The first-order valence-corrected chi connectivity index (χ1v) is 9.26. The van der Waals surface area contributed by atoms with Crippen LogP contribution in [0.3, 0.4) is 0 Å². The predicted molar refractivity (Wildman–Crippen MR) is 111 cm³/mol. The molecule has 0 radical (unpaired) electrons. The van der Waals surface area contributed by atoms with Gasteiger partial charge in [0.15, 0.2) is 6.61 Å². The van der Waals surface area contributed by atoms with Crippen molar-refractivity contribution in [1.29, 1.82) is 0 Å². The number of hydrogen-bond donors (Lipinski definition) is 0. The van der Waals surface area contributed by atoms with Gasteiger partial charge in [0.1, 0.15) is 11.9 Å². The Bertz CT molecular complexity index is 764. The van der Waals surface area contributed by atoms with Crippen LogP contribution in [0.1, 0.15) is 32.3 Å². The van der Waals surface area contributed by atoms with Crippen LogP contribution in [0.2, 0.25) is 5.02 Å². The van der Waals surface area contributed by atoms with E-state index in [0.717, 1.165) is 16.7 Å².